The maximum absolute atomic E-state index is 13.0. The molecule has 0 spiro atoms. The van der Waals surface area contributed by atoms with Crippen LogP contribution in [-0.2, 0) is 0 Å². The van der Waals surface area contributed by atoms with E-state index in [1.165, 1.54) is 18.0 Å². The van der Waals surface area contributed by atoms with Crippen LogP contribution in [0.1, 0.15) is 39.5 Å². The Morgan fingerprint density at radius 3 is 2.38 bits per heavy atom. The molecule has 29 heavy (non-hydrogen) atoms. The van der Waals surface area contributed by atoms with Gasteiger partial charge in [0.05, 0.1) is 6.04 Å². The van der Waals surface area contributed by atoms with E-state index < -0.39 is 6.09 Å². The van der Waals surface area contributed by atoms with Crippen LogP contribution >= 0.6 is 0 Å². The van der Waals surface area contributed by atoms with Gasteiger partial charge in [-0.15, -0.1) is 0 Å². The van der Waals surface area contributed by atoms with Crippen molar-refractivity contribution in [1.82, 2.24) is 25.3 Å². The van der Waals surface area contributed by atoms with Crippen LogP contribution in [0.4, 0.5) is 4.79 Å². The van der Waals surface area contributed by atoms with Crippen LogP contribution in [0.25, 0.3) is 0 Å². The number of piperidine rings is 1. The molecule has 1 saturated heterocycles. The van der Waals surface area contributed by atoms with E-state index in [1.54, 1.807) is 4.68 Å². The van der Waals surface area contributed by atoms with E-state index in [9.17, 15) is 14.4 Å². The average molecular weight is 397 g/mol. The van der Waals surface area contributed by atoms with Crippen molar-refractivity contribution in [2.24, 2.45) is 11.8 Å². The van der Waals surface area contributed by atoms with Crippen molar-refractivity contribution in [3.63, 3.8) is 0 Å². The normalized spacial score (nSPS) is 23.2. The van der Waals surface area contributed by atoms with Gasteiger partial charge in [0.25, 0.3) is 11.8 Å². The predicted molar refractivity (Wildman–Crippen MR) is 104 cm³/mol. The number of amides is 3. The Bertz CT molecular complexity index is 945. The van der Waals surface area contributed by atoms with Gasteiger partial charge in [-0.05, 0) is 12.5 Å². The zero-order valence-electron chi connectivity index (χ0n) is 16.2. The Morgan fingerprint density at radius 2 is 1.79 bits per heavy atom. The van der Waals surface area contributed by atoms with E-state index in [4.69, 9.17) is 5.11 Å². The lowest BCUT2D eigenvalue weighted by Crippen LogP contribution is -2.37. The molecule has 4 atom stereocenters. The number of fused-ring (bicyclic) bond motifs is 1. The van der Waals surface area contributed by atoms with Gasteiger partial charge in [-0.1, -0.05) is 30.3 Å². The minimum atomic E-state index is -0.924. The Balaban J connectivity index is 1.55. The standard InChI is InChI=1S/C20H23N5O4/c1-11(12-6-4-3-5-7-12)25-16(8-15(23-25)18(26)21-2)19(27)22-17-13-9-24(20(28)29)10-14(13)17/h3-8,11,13-14,17H,9-10H2,1-2H3,(H,21,26)(H,22,27)(H,28,29)/t11-,13-,14+,17?/m0/s1. The van der Waals surface area contributed by atoms with Gasteiger partial charge in [0.1, 0.15) is 5.69 Å². The molecule has 0 bridgehead atoms. The third-order valence-corrected chi connectivity index (χ3v) is 5.84. The number of carbonyl (C=O) groups is 3. The number of hydrogen-bond acceptors (Lipinski definition) is 4. The molecule has 1 saturated carbocycles. The molecule has 1 aliphatic carbocycles. The van der Waals surface area contributed by atoms with E-state index in [-0.39, 0.29) is 41.4 Å². The van der Waals surface area contributed by atoms with Crippen LogP contribution in [0, 0.1) is 11.8 Å². The van der Waals surface area contributed by atoms with E-state index in [0.29, 0.717) is 18.8 Å². The number of carboxylic acid groups (broad SMARTS) is 1. The van der Waals surface area contributed by atoms with Gasteiger partial charge < -0.3 is 20.6 Å². The number of hydrogen-bond donors (Lipinski definition) is 3. The zero-order chi connectivity index (χ0) is 20.7. The summed E-state index contributed by atoms with van der Waals surface area (Å²) < 4.78 is 1.57. The highest BCUT2D eigenvalue weighted by atomic mass is 16.4. The van der Waals surface area contributed by atoms with Crippen molar-refractivity contribution < 1.29 is 19.5 Å². The van der Waals surface area contributed by atoms with E-state index in [0.717, 1.165) is 5.56 Å². The zero-order valence-corrected chi connectivity index (χ0v) is 16.2. The van der Waals surface area contributed by atoms with E-state index in [1.807, 2.05) is 37.3 Å². The second-order valence-corrected chi connectivity index (χ2v) is 7.54. The fourth-order valence-corrected chi connectivity index (χ4v) is 4.09. The third-order valence-electron chi connectivity index (χ3n) is 5.84. The molecule has 3 amide bonds. The van der Waals surface area contributed by atoms with Crippen molar-refractivity contribution in [2.45, 2.75) is 19.0 Å². The molecule has 2 heterocycles. The van der Waals surface area contributed by atoms with Gasteiger partial charge in [-0.25, -0.2) is 4.79 Å². The topological polar surface area (TPSA) is 117 Å². The summed E-state index contributed by atoms with van der Waals surface area (Å²) in [7, 11) is 1.52. The SMILES string of the molecule is CNC(=O)c1cc(C(=O)NC2[C@H]3CN(C(=O)O)C[C@@H]23)n([C@@H](C)c2ccccc2)n1. The van der Waals surface area contributed by atoms with Crippen LogP contribution in [-0.4, -0.2) is 63.9 Å². The summed E-state index contributed by atoms with van der Waals surface area (Å²) in [6, 6.07) is 10.8. The predicted octanol–water partition coefficient (Wildman–Crippen LogP) is 1.19. The molecule has 4 rings (SSSR count). The highest BCUT2D eigenvalue weighted by molar-refractivity contribution is 5.98. The van der Waals surface area contributed by atoms with Crippen LogP contribution < -0.4 is 10.6 Å². The quantitative estimate of drug-likeness (QED) is 0.701. The summed E-state index contributed by atoms with van der Waals surface area (Å²) in [5.74, 6) is -0.372. The lowest BCUT2D eigenvalue weighted by atomic mass is 10.1. The van der Waals surface area contributed by atoms with Gasteiger partial charge in [-0.2, -0.15) is 5.10 Å². The summed E-state index contributed by atoms with van der Waals surface area (Å²) >= 11 is 0. The molecule has 152 valence electrons. The van der Waals surface area contributed by atoms with Crippen LogP contribution in [0.5, 0.6) is 0 Å². The smallest absolute Gasteiger partial charge is 0.407 e. The Labute approximate surface area is 167 Å². The van der Waals surface area contributed by atoms with Crippen LogP contribution in [0.15, 0.2) is 36.4 Å². The Hall–Kier alpha value is -3.36. The number of nitrogens with one attached hydrogen (secondary N) is 2. The summed E-state index contributed by atoms with van der Waals surface area (Å²) in [4.78, 5) is 37.5. The highest BCUT2D eigenvalue weighted by Gasteiger charge is 2.57. The number of likely N-dealkylation sites (tertiary alicyclic amines) is 1. The first kappa shape index (κ1) is 19.0. The summed E-state index contributed by atoms with van der Waals surface area (Å²) in [6.45, 7) is 2.80. The molecular formula is C20H23N5O4. The van der Waals surface area contributed by atoms with Crippen molar-refractivity contribution in [2.75, 3.05) is 20.1 Å². The molecular weight excluding hydrogens is 374 g/mol. The number of carbonyl (C=O) groups excluding carboxylic acids is 2. The number of rotatable bonds is 5. The lowest BCUT2D eigenvalue weighted by molar-refractivity contribution is 0.0928. The largest absolute Gasteiger partial charge is 0.465 e. The molecule has 1 aromatic heterocycles. The van der Waals surface area contributed by atoms with Crippen molar-refractivity contribution in [3.8, 4) is 0 Å². The van der Waals surface area contributed by atoms with E-state index in [2.05, 4.69) is 15.7 Å². The molecule has 2 aliphatic rings. The lowest BCUT2D eigenvalue weighted by Gasteiger charge is -2.18. The number of benzene rings is 1. The summed E-state index contributed by atoms with van der Waals surface area (Å²) in [5, 5.41) is 19.0. The molecule has 0 radical (unpaired) electrons. The fraction of sp³-hybridized carbons (Fsp3) is 0.400. The van der Waals surface area contributed by atoms with Crippen molar-refractivity contribution in [3.05, 3.63) is 53.3 Å². The molecule has 2 aromatic rings. The van der Waals surface area contributed by atoms with Gasteiger partial charge in [0.2, 0.25) is 0 Å². The molecule has 3 N–H and O–H groups in total. The molecule has 9 heteroatoms. The maximum Gasteiger partial charge on any atom is 0.407 e. The number of nitrogens with zero attached hydrogens (tertiary/aromatic N) is 3. The van der Waals surface area contributed by atoms with Crippen LogP contribution in [0.2, 0.25) is 0 Å². The van der Waals surface area contributed by atoms with Crippen molar-refractivity contribution >= 4 is 17.9 Å². The van der Waals surface area contributed by atoms with Gasteiger partial charge in [-0.3, -0.25) is 14.3 Å². The second-order valence-electron chi connectivity index (χ2n) is 7.54. The van der Waals surface area contributed by atoms with Gasteiger partial charge >= 0.3 is 6.09 Å². The highest BCUT2D eigenvalue weighted by Crippen LogP contribution is 2.45. The molecule has 2 fully saturated rings. The Morgan fingerprint density at radius 1 is 1.14 bits per heavy atom. The summed E-state index contributed by atoms with van der Waals surface area (Å²) in [6.07, 6.45) is -0.924. The fourth-order valence-electron chi connectivity index (χ4n) is 4.09. The molecule has 1 unspecified atom stereocenters. The second kappa shape index (κ2) is 7.23. The monoisotopic (exact) mass is 397 g/mol. The molecule has 9 nitrogen and oxygen atoms in total. The molecule has 1 aromatic carbocycles. The minimum absolute atomic E-state index is 0.0445. The van der Waals surface area contributed by atoms with Gasteiger partial charge in [0.15, 0.2) is 5.69 Å². The van der Waals surface area contributed by atoms with Gasteiger partial charge in [0, 0.05) is 44.1 Å². The molecule has 1 aliphatic heterocycles. The minimum Gasteiger partial charge on any atom is -0.465 e. The summed E-state index contributed by atoms with van der Waals surface area (Å²) in [5.41, 5.74) is 1.45. The number of aromatic nitrogens is 2. The first-order valence-electron chi connectivity index (χ1n) is 9.56. The first-order valence-corrected chi connectivity index (χ1v) is 9.56. The Kier molecular flexibility index (Phi) is 4.73. The maximum atomic E-state index is 13.0. The first-order chi connectivity index (χ1) is 13.9. The third kappa shape index (κ3) is 3.43. The van der Waals surface area contributed by atoms with E-state index >= 15 is 0 Å². The van der Waals surface area contributed by atoms with Crippen molar-refractivity contribution in [1.29, 1.82) is 0 Å². The average Bonchev–Trinajstić information content (AvgIpc) is 3.11. The van der Waals surface area contributed by atoms with Crippen LogP contribution in [0.3, 0.4) is 0 Å².